The van der Waals surface area contributed by atoms with E-state index in [1.807, 2.05) is 41.7 Å². The summed E-state index contributed by atoms with van der Waals surface area (Å²) in [6.07, 6.45) is 3.52. The molecule has 1 aliphatic carbocycles. The van der Waals surface area contributed by atoms with Crippen molar-refractivity contribution in [3.63, 3.8) is 0 Å². The topological polar surface area (TPSA) is 45.0 Å². The quantitative estimate of drug-likeness (QED) is 0.840. The van der Waals surface area contributed by atoms with Crippen molar-refractivity contribution in [3.8, 4) is 11.8 Å². The molecule has 1 heterocycles. The normalized spacial score (nSPS) is 16.9. The summed E-state index contributed by atoms with van der Waals surface area (Å²) in [4.78, 5) is 1.47. The molecule has 1 aromatic heterocycles. The summed E-state index contributed by atoms with van der Waals surface area (Å²) < 4.78 is 6.55. The van der Waals surface area contributed by atoms with Gasteiger partial charge in [0, 0.05) is 16.6 Å². The van der Waals surface area contributed by atoms with Gasteiger partial charge in [-0.3, -0.25) is 0 Å². The van der Waals surface area contributed by atoms with E-state index in [1.165, 1.54) is 27.1 Å². The van der Waals surface area contributed by atoms with Crippen LogP contribution in [0.25, 0.3) is 0 Å². The Kier molecular flexibility index (Phi) is 4.47. The van der Waals surface area contributed by atoms with E-state index in [1.54, 1.807) is 0 Å². The highest BCUT2D eigenvalue weighted by molar-refractivity contribution is 9.11. The van der Waals surface area contributed by atoms with Crippen LogP contribution >= 0.6 is 27.3 Å². The molecule has 0 fully saturated rings. The standard InChI is InChI=1S/C16H15BrN2OS/c17-16-10-13-14(5-2-6-15(13)21-16)19-11-3-1-4-12(9-11)20-8-7-18/h1,3-4,9-10,14,19H,2,5-6,8H2. The van der Waals surface area contributed by atoms with Gasteiger partial charge in [-0.15, -0.1) is 11.3 Å². The Bertz CT molecular complexity index is 677. The molecular formula is C16H15BrN2OS. The van der Waals surface area contributed by atoms with E-state index in [9.17, 15) is 0 Å². The van der Waals surface area contributed by atoms with Crippen LogP contribution < -0.4 is 10.1 Å². The summed E-state index contributed by atoms with van der Waals surface area (Å²) in [5.41, 5.74) is 2.44. The Hall–Kier alpha value is -1.51. The highest BCUT2D eigenvalue weighted by Crippen LogP contribution is 2.39. The van der Waals surface area contributed by atoms with E-state index in [-0.39, 0.29) is 6.61 Å². The molecule has 1 aromatic carbocycles. The first-order valence-electron chi connectivity index (χ1n) is 6.91. The first-order valence-corrected chi connectivity index (χ1v) is 8.51. The van der Waals surface area contributed by atoms with E-state index in [4.69, 9.17) is 10.00 Å². The number of hydrogen-bond acceptors (Lipinski definition) is 4. The molecule has 21 heavy (non-hydrogen) atoms. The number of halogens is 1. The SMILES string of the molecule is N#CCOc1cccc(NC2CCCc3sc(Br)cc32)c1. The Morgan fingerprint density at radius 3 is 3.19 bits per heavy atom. The van der Waals surface area contributed by atoms with Gasteiger partial charge in [-0.25, -0.2) is 0 Å². The minimum Gasteiger partial charge on any atom is -0.479 e. The van der Waals surface area contributed by atoms with Crippen molar-refractivity contribution in [1.29, 1.82) is 5.26 Å². The van der Waals surface area contributed by atoms with Crippen molar-refractivity contribution < 1.29 is 4.74 Å². The molecule has 1 unspecified atom stereocenters. The molecule has 1 aliphatic rings. The number of nitrogens with one attached hydrogen (secondary N) is 1. The van der Waals surface area contributed by atoms with Crippen LogP contribution in [0.3, 0.4) is 0 Å². The van der Waals surface area contributed by atoms with E-state index in [0.29, 0.717) is 6.04 Å². The average molecular weight is 363 g/mol. The lowest BCUT2D eigenvalue weighted by Crippen LogP contribution is -2.15. The lowest BCUT2D eigenvalue weighted by molar-refractivity contribution is 0.368. The molecule has 3 rings (SSSR count). The maximum absolute atomic E-state index is 8.58. The number of thiophene rings is 1. The van der Waals surface area contributed by atoms with Crippen LogP contribution in [-0.4, -0.2) is 6.61 Å². The molecule has 0 saturated heterocycles. The van der Waals surface area contributed by atoms with E-state index in [2.05, 4.69) is 27.3 Å². The van der Waals surface area contributed by atoms with Crippen LogP contribution in [0, 0.1) is 11.3 Å². The number of rotatable bonds is 4. The lowest BCUT2D eigenvalue weighted by Gasteiger charge is -2.24. The van der Waals surface area contributed by atoms with Crippen molar-refractivity contribution in [2.75, 3.05) is 11.9 Å². The second-order valence-corrected chi connectivity index (χ2v) is 7.51. The summed E-state index contributed by atoms with van der Waals surface area (Å²) in [7, 11) is 0. The molecule has 0 spiro atoms. The van der Waals surface area contributed by atoms with Crippen LogP contribution in [0.4, 0.5) is 5.69 Å². The first kappa shape index (κ1) is 14.4. The molecule has 5 heteroatoms. The number of aryl methyl sites for hydroxylation is 1. The van der Waals surface area contributed by atoms with Crippen LogP contribution in [-0.2, 0) is 6.42 Å². The lowest BCUT2D eigenvalue weighted by atomic mass is 9.94. The number of anilines is 1. The van der Waals surface area contributed by atoms with Crippen molar-refractivity contribution in [2.45, 2.75) is 25.3 Å². The highest BCUT2D eigenvalue weighted by atomic mass is 79.9. The smallest absolute Gasteiger partial charge is 0.174 e. The van der Waals surface area contributed by atoms with Crippen molar-refractivity contribution in [1.82, 2.24) is 0 Å². The Labute approximate surface area is 136 Å². The van der Waals surface area contributed by atoms with Gasteiger partial charge in [0.1, 0.15) is 11.8 Å². The second kappa shape index (κ2) is 6.50. The molecule has 0 saturated carbocycles. The minimum atomic E-state index is 0.0779. The van der Waals surface area contributed by atoms with E-state index >= 15 is 0 Å². The number of ether oxygens (including phenoxy) is 1. The molecule has 1 atom stereocenters. The monoisotopic (exact) mass is 362 g/mol. The number of hydrogen-bond donors (Lipinski definition) is 1. The predicted molar refractivity (Wildman–Crippen MR) is 88.9 cm³/mol. The van der Waals surface area contributed by atoms with Gasteiger partial charge >= 0.3 is 0 Å². The van der Waals surface area contributed by atoms with Gasteiger partial charge in [-0.1, -0.05) is 6.07 Å². The zero-order chi connectivity index (χ0) is 14.7. The van der Waals surface area contributed by atoms with Gasteiger partial charge < -0.3 is 10.1 Å². The van der Waals surface area contributed by atoms with Crippen molar-refractivity contribution >= 4 is 33.0 Å². The molecule has 0 bridgehead atoms. The number of nitriles is 1. The third kappa shape index (κ3) is 3.39. The fourth-order valence-electron chi connectivity index (χ4n) is 2.66. The average Bonchev–Trinajstić information content (AvgIpc) is 2.87. The fourth-order valence-corrected chi connectivity index (χ4v) is 4.48. The van der Waals surface area contributed by atoms with Crippen molar-refractivity contribution in [2.24, 2.45) is 0 Å². The zero-order valence-electron chi connectivity index (χ0n) is 11.4. The summed E-state index contributed by atoms with van der Waals surface area (Å²) >= 11 is 5.42. The van der Waals surface area contributed by atoms with E-state index in [0.717, 1.165) is 17.9 Å². The van der Waals surface area contributed by atoms with Gasteiger partial charge in [0.25, 0.3) is 0 Å². The molecule has 0 aliphatic heterocycles. The predicted octanol–water partition coefficient (Wildman–Crippen LogP) is 4.90. The van der Waals surface area contributed by atoms with Gasteiger partial charge in [0.05, 0.1) is 9.83 Å². The molecule has 0 amide bonds. The maximum Gasteiger partial charge on any atom is 0.174 e. The largest absolute Gasteiger partial charge is 0.479 e. The molecular weight excluding hydrogens is 348 g/mol. The summed E-state index contributed by atoms with van der Waals surface area (Å²) in [5, 5.41) is 12.2. The third-order valence-electron chi connectivity index (χ3n) is 3.56. The fraction of sp³-hybridized carbons (Fsp3) is 0.312. The van der Waals surface area contributed by atoms with Crippen molar-refractivity contribution in [3.05, 3.63) is 44.6 Å². The molecule has 1 N–H and O–H groups in total. The Morgan fingerprint density at radius 1 is 1.43 bits per heavy atom. The number of nitrogens with zero attached hydrogens (tertiary/aromatic N) is 1. The first-order chi connectivity index (χ1) is 10.3. The van der Waals surface area contributed by atoms with E-state index < -0.39 is 0 Å². The molecule has 108 valence electrons. The van der Waals surface area contributed by atoms with Crippen LogP contribution in [0.2, 0.25) is 0 Å². The third-order valence-corrected chi connectivity index (χ3v) is 5.28. The zero-order valence-corrected chi connectivity index (χ0v) is 13.8. The van der Waals surface area contributed by atoms with Gasteiger partial charge in [-0.05, 0) is 59.0 Å². The Morgan fingerprint density at radius 2 is 2.33 bits per heavy atom. The van der Waals surface area contributed by atoms with Gasteiger partial charge in [-0.2, -0.15) is 5.26 Å². The number of fused-ring (bicyclic) bond motifs is 1. The molecule has 3 nitrogen and oxygen atoms in total. The van der Waals surface area contributed by atoms with Crippen LogP contribution in [0.5, 0.6) is 5.75 Å². The second-order valence-electron chi connectivity index (χ2n) is 4.99. The minimum absolute atomic E-state index is 0.0779. The molecule has 2 aromatic rings. The van der Waals surface area contributed by atoms with Gasteiger partial charge in [0.2, 0.25) is 0 Å². The summed E-state index contributed by atoms with van der Waals surface area (Å²) in [6.45, 7) is 0.0779. The number of benzene rings is 1. The Balaban J connectivity index is 1.77. The van der Waals surface area contributed by atoms with Gasteiger partial charge in [0.15, 0.2) is 6.61 Å². The van der Waals surface area contributed by atoms with Crippen LogP contribution in [0.1, 0.15) is 29.3 Å². The summed E-state index contributed by atoms with van der Waals surface area (Å²) in [6, 6.07) is 12.4. The summed E-state index contributed by atoms with van der Waals surface area (Å²) in [5.74, 6) is 0.726. The molecule has 0 radical (unpaired) electrons. The van der Waals surface area contributed by atoms with Crippen LogP contribution in [0.15, 0.2) is 34.1 Å². The highest BCUT2D eigenvalue weighted by Gasteiger charge is 2.22. The maximum atomic E-state index is 8.58.